The van der Waals surface area contributed by atoms with E-state index in [4.69, 9.17) is 9.97 Å². The summed E-state index contributed by atoms with van der Waals surface area (Å²) < 4.78 is 0. The van der Waals surface area contributed by atoms with Gasteiger partial charge in [-0.2, -0.15) is 0 Å². The second-order valence-corrected chi connectivity index (χ2v) is 17.2. The second-order valence-electron chi connectivity index (χ2n) is 17.2. The van der Waals surface area contributed by atoms with Crippen LogP contribution in [0.5, 0.6) is 0 Å². The molecule has 2 nitrogen and oxygen atoms in total. The maximum Gasteiger partial charge on any atom is 0.0239 e. The van der Waals surface area contributed by atoms with Crippen LogP contribution < -0.4 is 0 Å². The van der Waals surface area contributed by atoms with Crippen LogP contribution in [0.2, 0.25) is 0 Å². The zero-order valence-corrected chi connectivity index (χ0v) is 33.7. The van der Waals surface area contributed by atoms with E-state index in [9.17, 15) is 0 Å². The molecular formula is C50H48IrN2-2. The van der Waals surface area contributed by atoms with Crippen molar-refractivity contribution in [1.29, 1.82) is 0 Å². The summed E-state index contributed by atoms with van der Waals surface area (Å²) in [6, 6.07) is 45.6. The number of fused-ring (bicyclic) bond motifs is 6. The van der Waals surface area contributed by atoms with Gasteiger partial charge in [-0.3, -0.25) is 0 Å². The number of aromatic nitrogens is 2. The third-order valence-electron chi connectivity index (χ3n) is 12.9. The quantitative estimate of drug-likeness (QED) is 0.165. The monoisotopic (exact) mass is 869 g/mol. The summed E-state index contributed by atoms with van der Waals surface area (Å²) in [5.41, 5.74) is 15.5. The molecule has 4 atom stereocenters. The molecule has 0 saturated heterocycles. The van der Waals surface area contributed by atoms with Gasteiger partial charge in [0.2, 0.25) is 0 Å². The van der Waals surface area contributed by atoms with Gasteiger partial charge in [0.05, 0.1) is 0 Å². The molecule has 0 aliphatic heterocycles. The molecule has 10 rings (SSSR count). The Morgan fingerprint density at radius 1 is 0.547 bits per heavy atom. The van der Waals surface area contributed by atoms with Crippen LogP contribution in [-0.2, 0) is 30.9 Å². The van der Waals surface area contributed by atoms with Crippen molar-refractivity contribution in [2.45, 2.75) is 88.9 Å². The van der Waals surface area contributed by atoms with E-state index >= 15 is 0 Å². The smallest absolute Gasteiger partial charge is 0.0239 e. The molecule has 6 aromatic rings. The first-order valence-corrected chi connectivity index (χ1v) is 19.4. The van der Waals surface area contributed by atoms with Crippen molar-refractivity contribution in [3.8, 4) is 44.8 Å². The third-order valence-corrected chi connectivity index (χ3v) is 12.9. The first kappa shape index (κ1) is 35.8. The molecule has 269 valence electrons. The average Bonchev–Trinajstić information content (AvgIpc) is 3.43. The summed E-state index contributed by atoms with van der Waals surface area (Å²) in [5.74, 6) is 3.51. The molecule has 0 amide bonds. The Labute approximate surface area is 329 Å². The van der Waals surface area contributed by atoms with Gasteiger partial charge in [-0.15, -0.1) is 64.7 Å². The van der Waals surface area contributed by atoms with Gasteiger partial charge in [-0.1, -0.05) is 131 Å². The van der Waals surface area contributed by atoms with E-state index in [1.807, 2.05) is 18.3 Å². The number of benzene rings is 4. The van der Waals surface area contributed by atoms with Crippen molar-refractivity contribution in [3.05, 3.63) is 156 Å². The SMILES string of the molecule is CC1(C)CCC(C)(C)c2cc(-c3[c-]cc(-c4ccccc4)cc3)ncc21.[Ir].[c-]1cc2c(cc1-c1ccc(-c3ccccc3)cn1)C1CC3CC2CC1C3. The predicted molar refractivity (Wildman–Crippen MR) is 214 cm³/mol. The largest absolute Gasteiger partial charge is 0.304 e. The van der Waals surface area contributed by atoms with Crippen LogP contribution in [0.4, 0.5) is 0 Å². The Morgan fingerprint density at radius 3 is 1.89 bits per heavy atom. The molecule has 2 fully saturated rings. The zero-order chi connectivity index (χ0) is 35.5. The second kappa shape index (κ2) is 14.2. The molecule has 1 radical (unpaired) electrons. The standard InChI is InChI=1S/C25H22N.C25H26N.Ir/c1-2-4-17(5-3-1)19-7-9-25(26-15-19)18-6-8-22-20-10-16-11-21(13-20)23(12-16)24(22)14-18;1-24(2)14-15-25(3,4)22-17-26-23(16-21(22)24)20-12-10-19(11-13-20)18-8-6-5-7-9-18;/h1-5,7-9,14-16,20-21,23H,10-13H2;5-12,16-17H,14-15H2,1-4H3;/q2*-1;. The Kier molecular flexibility index (Phi) is 9.63. The van der Waals surface area contributed by atoms with Gasteiger partial charge in [-0.05, 0) is 93.8 Å². The molecule has 4 aliphatic carbocycles. The molecule has 4 unspecified atom stereocenters. The number of nitrogens with zero attached hydrogens (tertiary/aromatic N) is 2. The van der Waals surface area contributed by atoms with Crippen molar-refractivity contribution in [3.63, 3.8) is 0 Å². The van der Waals surface area contributed by atoms with Crippen LogP contribution in [0, 0.1) is 24.0 Å². The van der Waals surface area contributed by atoms with Crippen LogP contribution >= 0.6 is 0 Å². The Balaban J connectivity index is 0.000000148. The molecule has 2 saturated carbocycles. The molecule has 3 bridgehead atoms. The maximum absolute atomic E-state index is 4.79. The van der Waals surface area contributed by atoms with Crippen molar-refractivity contribution < 1.29 is 20.1 Å². The van der Waals surface area contributed by atoms with E-state index in [1.165, 1.54) is 71.9 Å². The van der Waals surface area contributed by atoms with E-state index in [-0.39, 0.29) is 30.9 Å². The van der Waals surface area contributed by atoms with E-state index in [1.54, 1.807) is 11.1 Å². The van der Waals surface area contributed by atoms with E-state index in [0.29, 0.717) is 0 Å². The topological polar surface area (TPSA) is 25.8 Å². The summed E-state index contributed by atoms with van der Waals surface area (Å²) in [6.07, 6.45) is 12.2. The summed E-state index contributed by atoms with van der Waals surface area (Å²) >= 11 is 0. The molecule has 3 heteroatoms. The Hall–Kier alpha value is -4.17. The van der Waals surface area contributed by atoms with Crippen LogP contribution in [-0.4, -0.2) is 9.97 Å². The Bertz CT molecular complexity index is 2200. The van der Waals surface area contributed by atoms with Crippen LogP contribution in [0.25, 0.3) is 44.8 Å². The minimum atomic E-state index is 0. The van der Waals surface area contributed by atoms with E-state index < -0.39 is 0 Å². The number of hydrogen-bond acceptors (Lipinski definition) is 2. The van der Waals surface area contributed by atoms with Gasteiger partial charge in [-0.25, -0.2) is 0 Å². The normalized spacial score (nSPS) is 22.4. The molecule has 2 heterocycles. The molecule has 4 aliphatic rings. The van der Waals surface area contributed by atoms with Gasteiger partial charge in [0.1, 0.15) is 0 Å². The van der Waals surface area contributed by atoms with Gasteiger partial charge in [0.25, 0.3) is 0 Å². The zero-order valence-electron chi connectivity index (χ0n) is 31.3. The van der Waals surface area contributed by atoms with Gasteiger partial charge in [0.15, 0.2) is 0 Å². The fourth-order valence-corrected chi connectivity index (χ4v) is 9.88. The molecule has 0 spiro atoms. The average molecular weight is 869 g/mol. The Morgan fingerprint density at radius 2 is 1.21 bits per heavy atom. The summed E-state index contributed by atoms with van der Waals surface area (Å²) in [6.45, 7) is 9.38. The number of rotatable bonds is 4. The molecule has 53 heavy (non-hydrogen) atoms. The molecule has 0 N–H and O–H groups in total. The van der Waals surface area contributed by atoms with Gasteiger partial charge < -0.3 is 9.97 Å². The van der Waals surface area contributed by atoms with E-state index in [0.717, 1.165) is 46.2 Å². The maximum atomic E-state index is 4.79. The summed E-state index contributed by atoms with van der Waals surface area (Å²) in [5, 5.41) is 0. The predicted octanol–water partition coefficient (Wildman–Crippen LogP) is 12.8. The number of pyridine rings is 2. The van der Waals surface area contributed by atoms with Crippen molar-refractivity contribution in [1.82, 2.24) is 9.97 Å². The fourth-order valence-electron chi connectivity index (χ4n) is 9.88. The minimum Gasteiger partial charge on any atom is -0.304 e. The first-order chi connectivity index (χ1) is 25.2. The van der Waals surface area contributed by atoms with Gasteiger partial charge >= 0.3 is 0 Å². The minimum absolute atomic E-state index is 0. The summed E-state index contributed by atoms with van der Waals surface area (Å²) in [4.78, 5) is 9.55. The third kappa shape index (κ3) is 6.88. The van der Waals surface area contributed by atoms with E-state index in [2.05, 4.69) is 143 Å². The van der Waals surface area contributed by atoms with Crippen molar-refractivity contribution >= 4 is 0 Å². The molecule has 2 aromatic heterocycles. The van der Waals surface area contributed by atoms with Crippen LogP contribution in [0.15, 0.2) is 122 Å². The number of hydrogen-bond donors (Lipinski definition) is 0. The molecule has 4 aromatic carbocycles. The van der Waals surface area contributed by atoms with Crippen LogP contribution in [0.1, 0.15) is 100 Å². The van der Waals surface area contributed by atoms with Crippen molar-refractivity contribution in [2.24, 2.45) is 11.8 Å². The van der Waals surface area contributed by atoms with Crippen molar-refractivity contribution in [2.75, 3.05) is 0 Å². The molecular weight excluding hydrogens is 821 g/mol. The summed E-state index contributed by atoms with van der Waals surface area (Å²) in [7, 11) is 0. The fraction of sp³-hybridized carbons (Fsp3) is 0.320. The van der Waals surface area contributed by atoms with Gasteiger partial charge in [0, 0.05) is 32.5 Å². The van der Waals surface area contributed by atoms with Crippen LogP contribution in [0.3, 0.4) is 0 Å². The first-order valence-electron chi connectivity index (χ1n) is 19.4.